The molecule has 1 aromatic carbocycles. The van der Waals surface area contributed by atoms with Crippen LogP contribution in [-0.4, -0.2) is 19.6 Å². The highest BCUT2D eigenvalue weighted by Gasteiger charge is 2.17. The third kappa shape index (κ3) is 2.20. The highest BCUT2D eigenvalue weighted by atomic mass is 16.4. The minimum Gasteiger partial charge on any atom is -0.415 e. The molecule has 0 fully saturated rings. The number of nitrogens with zero attached hydrogens (tertiary/aromatic N) is 4. The van der Waals surface area contributed by atoms with E-state index in [0.29, 0.717) is 22.8 Å². The van der Waals surface area contributed by atoms with Crippen LogP contribution in [0, 0.1) is 6.92 Å². The number of rotatable bonds is 2. The molecule has 3 heterocycles. The number of fused-ring (bicyclic) bond motifs is 1. The first-order valence-electron chi connectivity index (χ1n) is 7.11. The van der Waals surface area contributed by atoms with Crippen molar-refractivity contribution in [2.75, 3.05) is 0 Å². The Morgan fingerprint density at radius 1 is 0.957 bits per heavy atom. The number of hydrogen-bond donors (Lipinski definition) is 0. The van der Waals surface area contributed by atoms with E-state index in [1.807, 2.05) is 36.4 Å². The van der Waals surface area contributed by atoms with E-state index in [9.17, 15) is 4.79 Å². The van der Waals surface area contributed by atoms with Crippen LogP contribution in [0.3, 0.4) is 0 Å². The van der Waals surface area contributed by atoms with Crippen LogP contribution in [0.4, 0.5) is 0 Å². The fraction of sp³-hybridized carbons (Fsp3) is 0.0588. The predicted molar refractivity (Wildman–Crippen MR) is 84.9 cm³/mol. The van der Waals surface area contributed by atoms with Crippen LogP contribution in [0.1, 0.15) is 5.56 Å². The van der Waals surface area contributed by atoms with Crippen molar-refractivity contribution < 1.29 is 4.42 Å². The molecule has 0 atom stereocenters. The van der Waals surface area contributed by atoms with Gasteiger partial charge in [-0.1, -0.05) is 24.3 Å². The molecule has 23 heavy (non-hydrogen) atoms. The Bertz CT molecular complexity index is 1050. The van der Waals surface area contributed by atoms with Gasteiger partial charge in [-0.25, -0.2) is 4.98 Å². The fourth-order valence-electron chi connectivity index (χ4n) is 2.40. The summed E-state index contributed by atoms with van der Waals surface area (Å²) in [5, 5.41) is 8.09. The molecule has 4 aromatic rings. The van der Waals surface area contributed by atoms with Crippen LogP contribution in [0.5, 0.6) is 0 Å². The van der Waals surface area contributed by atoms with Gasteiger partial charge >= 0.3 is 0 Å². The van der Waals surface area contributed by atoms with Crippen molar-refractivity contribution in [3.63, 3.8) is 0 Å². The van der Waals surface area contributed by atoms with E-state index in [1.54, 1.807) is 25.3 Å². The molecule has 112 valence electrons. The van der Waals surface area contributed by atoms with Crippen molar-refractivity contribution in [1.82, 2.24) is 19.6 Å². The number of aromatic nitrogens is 4. The van der Waals surface area contributed by atoms with Gasteiger partial charge in [0.05, 0.1) is 0 Å². The summed E-state index contributed by atoms with van der Waals surface area (Å²) in [6.07, 6.45) is 1.69. The molecule has 0 radical (unpaired) electrons. The van der Waals surface area contributed by atoms with Gasteiger partial charge in [-0.15, -0.1) is 10.2 Å². The number of pyridine rings is 1. The van der Waals surface area contributed by atoms with E-state index in [-0.39, 0.29) is 11.4 Å². The Labute approximate surface area is 131 Å². The zero-order valence-corrected chi connectivity index (χ0v) is 12.3. The Morgan fingerprint density at radius 3 is 2.52 bits per heavy atom. The summed E-state index contributed by atoms with van der Waals surface area (Å²) in [5.74, 6) is 0.639. The summed E-state index contributed by atoms with van der Waals surface area (Å²) in [6, 6.07) is 14.8. The van der Waals surface area contributed by atoms with Crippen LogP contribution in [-0.2, 0) is 0 Å². The Hall–Kier alpha value is -3.28. The Kier molecular flexibility index (Phi) is 3.01. The third-order valence-corrected chi connectivity index (χ3v) is 3.61. The smallest absolute Gasteiger partial charge is 0.267 e. The highest BCUT2D eigenvalue weighted by molar-refractivity contribution is 5.59. The van der Waals surface area contributed by atoms with Gasteiger partial charge in [0.1, 0.15) is 11.3 Å². The fourth-order valence-corrected chi connectivity index (χ4v) is 2.40. The molecule has 0 spiro atoms. The molecular weight excluding hydrogens is 292 g/mol. The molecule has 0 N–H and O–H groups in total. The second-order valence-electron chi connectivity index (χ2n) is 5.10. The van der Waals surface area contributed by atoms with Crippen molar-refractivity contribution in [2.24, 2.45) is 0 Å². The molecule has 3 aromatic heterocycles. The van der Waals surface area contributed by atoms with E-state index in [2.05, 4.69) is 15.2 Å². The largest absolute Gasteiger partial charge is 0.415 e. The third-order valence-electron chi connectivity index (χ3n) is 3.61. The summed E-state index contributed by atoms with van der Waals surface area (Å²) in [6.45, 7) is 1.70. The van der Waals surface area contributed by atoms with Crippen molar-refractivity contribution in [3.05, 3.63) is 70.6 Å². The van der Waals surface area contributed by atoms with E-state index >= 15 is 0 Å². The van der Waals surface area contributed by atoms with Gasteiger partial charge in [-0.2, -0.15) is 0 Å². The first kappa shape index (κ1) is 13.4. The molecule has 0 bridgehead atoms. The predicted octanol–water partition coefficient (Wildman–Crippen LogP) is 2.72. The van der Waals surface area contributed by atoms with Gasteiger partial charge in [0.15, 0.2) is 0 Å². The first-order valence-corrected chi connectivity index (χ1v) is 7.11. The SMILES string of the molecule is Cc1c(-c2nnc(-c3ccccc3)o2)nc2ccccn2c1=O. The van der Waals surface area contributed by atoms with Crippen LogP contribution >= 0.6 is 0 Å². The van der Waals surface area contributed by atoms with Gasteiger partial charge in [0.25, 0.3) is 11.4 Å². The summed E-state index contributed by atoms with van der Waals surface area (Å²) >= 11 is 0. The van der Waals surface area contributed by atoms with Gasteiger partial charge < -0.3 is 4.42 Å². The molecule has 0 aliphatic rings. The average molecular weight is 304 g/mol. The summed E-state index contributed by atoms with van der Waals surface area (Å²) in [5.41, 5.74) is 2.09. The molecule has 6 nitrogen and oxygen atoms in total. The lowest BCUT2D eigenvalue weighted by Crippen LogP contribution is -2.18. The van der Waals surface area contributed by atoms with Crippen molar-refractivity contribution >= 4 is 5.65 Å². The van der Waals surface area contributed by atoms with Crippen LogP contribution in [0.25, 0.3) is 28.7 Å². The van der Waals surface area contributed by atoms with Gasteiger partial charge in [0, 0.05) is 17.3 Å². The lowest BCUT2D eigenvalue weighted by Gasteiger charge is -2.04. The molecule has 0 unspecified atom stereocenters. The van der Waals surface area contributed by atoms with Gasteiger partial charge in [-0.05, 0) is 31.2 Å². The Balaban J connectivity index is 1.89. The molecule has 0 amide bonds. The topological polar surface area (TPSA) is 73.3 Å². The van der Waals surface area contributed by atoms with E-state index in [1.165, 1.54) is 4.40 Å². The quantitative estimate of drug-likeness (QED) is 0.569. The van der Waals surface area contributed by atoms with Crippen LogP contribution in [0.15, 0.2) is 63.9 Å². The van der Waals surface area contributed by atoms with Gasteiger partial charge in [-0.3, -0.25) is 9.20 Å². The summed E-state index contributed by atoms with van der Waals surface area (Å²) in [4.78, 5) is 16.9. The van der Waals surface area contributed by atoms with Gasteiger partial charge in [0.2, 0.25) is 5.89 Å². The minimum absolute atomic E-state index is 0.148. The van der Waals surface area contributed by atoms with Crippen LogP contribution < -0.4 is 5.56 Å². The second-order valence-corrected chi connectivity index (χ2v) is 5.10. The monoisotopic (exact) mass is 304 g/mol. The second kappa shape index (κ2) is 5.17. The van der Waals surface area contributed by atoms with Crippen LogP contribution in [0.2, 0.25) is 0 Å². The maximum Gasteiger partial charge on any atom is 0.267 e. The maximum atomic E-state index is 12.4. The van der Waals surface area contributed by atoms with Crippen molar-refractivity contribution in [1.29, 1.82) is 0 Å². The van der Waals surface area contributed by atoms with E-state index < -0.39 is 0 Å². The molecule has 6 heteroatoms. The summed E-state index contributed by atoms with van der Waals surface area (Å²) < 4.78 is 7.20. The van der Waals surface area contributed by atoms with E-state index in [4.69, 9.17) is 4.42 Å². The zero-order chi connectivity index (χ0) is 15.8. The standard InChI is InChI=1S/C17H12N4O2/c1-11-14(18-13-9-5-6-10-21(13)17(11)22)16-20-19-15(23-16)12-7-3-2-4-8-12/h2-10H,1H3. The number of benzene rings is 1. The Morgan fingerprint density at radius 2 is 1.70 bits per heavy atom. The molecular formula is C17H12N4O2. The first-order chi connectivity index (χ1) is 11.2. The van der Waals surface area contributed by atoms with Crippen molar-refractivity contribution in [3.8, 4) is 23.0 Å². The molecule has 0 saturated carbocycles. The molecule has 0 aliphatic heterocycles. The summed E-state index contributed by atoms with van der Waals surface area (Å²) in [7, 11) is 0. The highest BCUT2D eigenvalue weighted by Crippen LogP contribution is 2.23. The zero-order valence-electron chi connectivity index (χ0n) is 12.3. The van der Waals surface area contributed by atoms with E-state index in [0.717, 1.165) is 5.56 Å². The maximum absolute atomic E-state index is 12.4. The lowest BCUT2D eigenvalue weighted by atomic mass is 10.2. The normalized spacial score (nSPS) is 11.0. The lowest BCUT2D eigenvalue weighted by molar-refractivity contribution is 0.581. The average Bonchev–Trinajstić information content (AvgIpc) is 3.09. The molecule has 4 rings (SSSR count). The minimum atomic E-state index is -0.148. The van der Waals surface area contributed by atoms with Crippen molar-refractivity contribution in [2.45, 2.75) is 6.92 Å². The molecule has 0 aliphatic carbocycles. The molecule has 0 saturated heterocycles. The number of hydrogen-bond acceptors (Lipinski definition) is 5.